The van der Waals surface area contributed by atoms with Gasteiger partial charge in [0.25, 0.3) is 5.91 Å². The molecule has 0 saturated heterocycles. The van der Waals surface area contributed by atoms with Gasteiger partial charge >= 0.3 is 5.97 Å². The average molecular weight is 499 g/mol. The summed E-state index contributed by atoms with van der Waals surface area (Å²) < 4.78 is 48.4. The number of pyridine rings is 2. The van der Waals surface area contributed by atoms with Crippen molar-refractivity contribution in [3.05, 3.63) is 77.0 Å². The number of nitrogens with zero attached hydrogens (tertiary/aromatic N) is 2. The minimum Gasteiger partial charge on any atom is -0.465 e. The van der Waals surface area contributed by atoms with Gasteiger partial charge in [0.2, 0.25) is 0 Å². The number of esters is 1. The van der Waals surface area contributed by atoms with E-state index in [0.29, 0.717) is 11.6 Å². The van der Waals surface area contributed by atoms with Gasteiger partial charge < -0.3 is 15.8 Å². The molecule has 4 rings (SSSR count). The Hall–Kier alpha value is -3.79. The highest BCUT2D eigenvalue weighted by Crippen LogP contribution is 2.38. The number of carbonyl (C=O) groups is 2. The Bertz CT molecular complexity index is 1280. The Morgan fingerprint density at radius 1 is 1.06 bits per heavy atom. The first-order chi connectivity index (χ1) is 17.2. The second-order valence-corrected chi connectivity index (χ2v) is 9.02. The van der Waals surface area contributed by atoms with Crippen molar-refractivity contribution in [2.45, 2.75) is 38.1 Å². The highest BCUT2D eigenvalue weighted by atomic mass is 19.1. The van der Waals surface area contributed by atoms with E-state index in [0.717, 1.165) is 56.2 Å². The molecule has 1 amide bonds. The lowest BCUT2D eigenvalue weighted by Crippen LogP contribution is -2.31. The van der Waals surface area contributed by atoms with E-state index < -0.39 is 40.6 Å². The second-order valence-electron chi connectivity index (χ2n) is 9.02. The number of methoxy groups -OCH3 is 1. The van der Waals surface area contributed by atoms with Crippen molar-refractivity contribution in [1.29, 1.82) is 0 Å². The van der Waals surface area contributed by atoms with Gasteiger partial charge in [-0.15, -0.1) is 0 Å². The fourth-order valence-electron chi connectivity index (χ4n) is 4.74. The molecule has 1 fully saturated rings. The summed E-state index contributed by atoms with van der Waals surface area (Å²) >= 11 is 0. The average Bonchev–Trinajstić information content (AvgIpc) is 2.83. The first-order valence-electron chi connectivity index (χ1n) is 11.4. The van der Waals surface area contributed by atoms with Crippen LogP contribution in [0.25, 0.3) is 11.3 Å². The predicted octanol–water partition coefficient (Wildman–Crippen LogP) is 4.83. The quantitative estimate of drug-likeness (QED) is 0.488. The number of hydrogen-bond acceptors (Lipinski definition) is 6. The van der Waals surface area contributed by atoms with E-state index in [-0.39, 0.29) is 23.2 Å². The first kappa shape index (κ1) is 25.3. The van der Waals surface area contributed by atoms with Crippen LogP contribution in [0, 0.1) is 23.4 Å². The molecule has 3 N–H and O–H groups in total. The zero-order valence-electron chi connectivity index (χ0n) is 19.7. The Labute approximate surface area is 205 Å². The van der Waals surface area contributed by atoms with Crippen molar-refractivity contribution >= 4 is 17.6 Å². The van der Waals surface area contributed by atoms with Crippen molar-refractivity contribution in [2.75, 3.05) is 12.4 Å². The fraction of sp³-hybridized carbons (Fsp3) is 0.308. The third-order valence-electron chi connectivity index (χ3n) is 6.30. The smallest absolute Gasteiger partial charge is 0.338 e. The van der Waals surface area contributed by atoms with Crippen LogP contribution in [0.3, 0.4) is 0 Å². The lowest BCUT2D eigenvalue weighted by molar-refractivity contribution is 0.0599. The molecule has 0 radical (unpaired) electrons. The molecule has 1 aromatic carbocycles. The zero-order valence-corrected chi connectivity index (χ0v) is 19.7. The molecular formula is C26H25F3N4O3. The lowest BCUT2D eigenvalue weighted by Gasteiger charge is -2.32. The van der Waals surface area contributed by atoms with Gasteiger partial charge in [0.1, 0.15) is 28.8 Å². The number of hydrogen-bond donors (Lipinski definition) is 2. The summed E-state index contributed by atoms with van der Waals surface area (Å²) in [4.78, 5) is 32.6. The van der Waals surface area contributed by atoms with Crippen molar-refractivity contribution < 1.29 is 27.5 Å². The van der Waals surface area contributed by atoms with Crippen LogP contribution < -0.4 is 11.1 Å². The van der Waals surface area contributed by atoms with Crippen molar-refractivity contribution in [3.63, 3.8) is 0 Å². The molecule has 2 heterocycles. The lowest BCUT2D eigenvalue weighted by atomic mass is 9.76. The second kappa shape index (κ2) is 10.4. The summed E-state index contributed by atoms with van der Waals surface area (Å²) in [6, 6.07) is 5.32. The molecule has 2 aromatic heterocycles. The highest BCUT2D eigenvalue weighted by molar-refractivity contribution is 6.03. The van der Waals surface area contributed by atoms with Gasteiger partial charge in [-0.05, 0) is 67.0 Å². The number of aromatic nitrogens is 2. The first-order valence-corrected chi connectivity index (χ1v) is 11.4. The highest BCUT2D eigenvalue weighted by Gasteiger charge is 2.28. The number of benzene rings is 1. The molecule has 10 heteroatoms. The maximum Gasteiger partial charge on any atom is 0.338 e. The number of amides is 1. The fourth-order valence-corrected chi connectivity index (χ4v) is 4.74. The minimum absolute atomic E-state index is 0.0483. The number of halogens is 3. The molecule has 3 atom stereocenters. The third-order valence-corrected chi connectivity index (χ3v) is 6.30. The molecule has 1 saturated carbocycles. The van der Waals surface area contributed by atoms with Crippen LogP contribution >= 0.6 is 0 Å². The van der Waals surface area contributed by atoms with E-state index >= 15 is 0 Å². The molecule has 0 unspecified atom stereocenters. The van der Waals surface area contributed by atoms with Crippen LogP contribution in [0.2, 0.25) is 0 Å². The van der Waals surface area contributed by atoms with Crippen LogP contribution in [-0.4, -0.2) is 35.0 Å². The van der Waals surface area contributed by atoms with E-state index in [4.69, 9.17) is 5.73 Å². The van der Waals surface area contributed by atoms with Crippen molar-refractivity contribution in [3.8, 4) is 11.3 Å². The summed E-state index contributed by atoms with van der Waals surface area (Å²) in [6.45, 7) is 2.13. The maximum absolute atomic E-state index is 14.7. The van der Waals surface area contributed by atoms with Crippen LogP contribution in [0.1, 0.15) is 58.5 Å². The normalized spacial score (nSPS) is 19.6. The molecule has 3 aromatic rings. The number of rotatable bonds is 5. The monoisotopic (exact) mass is 498 g/mol. The van der Waals surface area contributed by atoms with E-state index in [1.54, 1.807) is 6.20 Å². The Kier molecular flexibility index (Phi) is 7.35. The Morgan fingerprint density at radius 2 is 1.78 bits per heavy atom. The van der Waals surface area contributed by atoms with Gasteiger partial charge in [-0.3, -0.25) is 9.78 Å². The number of ether oxygens (including phenoxy) is 1. The SMILES string of the molecule is COC(=O)c1cc(F)c(-c2nc(C(=O)Nc3cnccc3[C@@H]3C[C@H](C)C[C@@H](N)C3)ccc2F)c(F)c1. The van der Waals surface area contributed by atoms with E-state index in [2.05, 4.69) is 26.9 Å². The van der Waals surface area contributed by atoms with Crippen LogP contribution in [0.5, 0.6) is 0 Å². The number of nitrogens with two attached hydrogens (primary N) is 1. The molecule has 0 aliphatic heterocycles. The number of anilines is 1. The van der Waals surface area contributed by atoms with E-state index in [1.807, 2.05) is 6.07 Å². The van der Waals surface area contributed by atoms with Gasteiger partial charge in [-0.25, -0.2) is 22.9 Å². The molecular weight excluding hydrogens is 473 g/mol. The maximum atomic E-state index is 14.7. The summed E-state index contributed by atoms with van der Waals surface area (Å²) in [5, 5.41) is 2.74. The summed E-state index contributed by atoms with van der Waals surface area (Å²) in [5.74, 6) is -4.61. The van der Waals surface area contributed by atoms with Crippen LogP contribution in [0.4, 0.5) is 18.9 Å². The Balaban J connectivity index is 1.65. The van der Waals surface area contributed by atoms with Gasteiger partial charge in [0.05, 0.1) is 30.1 Å². The number of nitrogens with one attached hydrogen (secondary N) is 1. The summed E-state index contributed by atoms with van der Waals surface area (Å²) in [7, 11) is 1.06. The van der Waals surface area contributed by atoms with Crippen molar-refractivity contribution in [1.82, 2.24) is 9.97 Å². The van der Waals surface area contributed by atoms with Gasteiger partial charge in [-0.1, -0.05) is 6.92 Å². The van der Waals surface area contributed by atoms with Crippen LogP contribution in [-0.2, 0) is 4.74 Å². The summed E-state index contributed by atoms with van der Waals surface area (Å²) in [5.41, 5.74) is 5.39. The number of carbonyl (C=O) groups excluding carboxylic acids is 2. The molecule has 188 valence electrons. The molecule has 0 bridgehead atoms. The molecule has 1 aliphatic carbocycles. The zero-order chi connectivity index (χ0) is 26.0. The topological polar surface area (TPSA) is 107 Å². The van der Waals surface area contributed by atoms with Gasteiger partial charge in [0, 0.05) is 12.2 Å². The molecule has 1 aliphatic rings. The van der Waals surface area contributed by atoms with Crippen LogP contribution in [0.15, 0.2) is 42.7 Å². The van der Waals surface area contributed by atoms with Crippen molar-refractivity contribution in [2.24, 2.45) is 11.7 Å². The minimum atomic E-state index is -1.23. The predicted molar refractivity (Wildman–Crippen MR) is 127 cm³/mol. The molecule has 0 spiro atoms. The largest absolute Gasteiger partial charge is 0.465 e. The van der Waals surface area contributed by atoms with Gasteiger partial charge in [-0.2, -0.15) is 0 Å². The molecule has 36 heavy (non-hydrogen) atoms. The standard InChI is InChI=1S/C26H25F3N4O3/c1-13-7-14(9-16(30)8-13)17-5-6-31-12-22(17)33-25(34)21-4-3-18(27)24(32-21)23-19(28)10-15(11-20(23)29)26(35)36-2/h3-6,10-14,16H,7-9,30H2,1-2H3,(H,33,34)/t13-,14+,16+/m0/s1. The van der Waals surface area contributed by atoms with Gasteiger partial charge in [0.15, 0.2) is 0 Å². The third kappa shape index (κ3) is 5.23. The summed E-state index contributed by atoms with van der Waals surface area (Å²) in [6.07, 6.45) is 5.73. The van der Waals surface area contributed by atoms with E-state index in [9.17, 15) is 22.8 Å². The molecule has 7 nitrogen and oxygen atoms in total. The van der Waals surface area contributed by atoms with E-state index in [1.165, 1.54) is 6.20 Å². The Morgan fingerprint density at radius 3 is 2.44 bits per heavy atom.